The molecule has 2 aromatic carbocycles. The Morgan fingerprint density at radius 3 is 2.46 bits per heavy atom. The van der Waals surface area contributed by atoms with E-state index in [9.17, 15) is 22.8 Å². The minimum atomic E-state index is -4.46. The van der Waals surface area contributed by atoms with Crippen LogP contribution >= 0.6 is 0 Å². The van der Waals surface area contributed by atoms with Crippen LogP contribution in [0.15, 0.2) is 48.5 Å². The zero-order valence-corrected chi connectivity index (χ0v) is 14.9. The summed E-state index contributed by atoms with van der Waals surface area (Å²) in [6.45, 7) is 0.670. The first-order chi connectivity index (χ1) is 13.2. The Morgan fingerprint density at radius 1 is 1.14 bits per heavy atom. The number of benzene rings is 2. The number of likely N-dealkylation sites (tertiary alicyclic amines) is 1. The highest BCUT2D eigenvalue weighted by Gasteiger charge is 2.35. The van der Waals surface area contributed by atoms with Gasteiger partial charge in [-0.2, -0.15) is 13.2 Å². The van der Waals surface area contributed by atoms with Gasteiger partial charge in [0.1, 0.15) is 0 Å². The molecule has 0 aliphatic carbocycles. The minimum absolute atomic E-state index is 0.0771. The maximum absolute atomic E-state index is 13.1. The van der Waals surface area contributed by atoms with Gasteiger partial charge in [0.05, 0.1) is 11.1 Å². The van der Waals surface area contributed by atoms with Crippen molar-refractivity contribution < 1.29 is 27.9 Å². The Kier molecular flexibility index (Phi) is 5.69. The number of alkyl halides is 3. The van der Waals surface area contributed by atoms with Crippen LogP contribution in [0, 0.1) is 0 Å². The van der Waals surface area contributed by atoms with Gasteiger partial charge >= 0.3 is 12.1 Å². The van der Waals surface area contributed by atoms with E-state index in [0.717, 1.165) is 11.6 Å². The summed E-state index contributed by atoms with van der Waals surface area (Å²) in [5, 5.41) is 12.1. The first-order valence-corrected chi connectivity index (χ1v) is 8.72. The molecule has 0 bridgehead atoms. The molecule has 148 valence electrons. The smallest absolute Gasteiger partial charge is 0.416 e. The predicted molar refractivity (Wildman–Crippen MR) is 95.5 cm³/mol. The molecule has 2 N–H and O–H groups in total. The van der Waals surface area contributed by atoms with Crippen LogP contribution in [0.1, 0.15) is 33.5 Å². The molecule has 1 aliphatic rings. The largest absolute Gasteiger partial charge is 0.478 e. The van der Waals surface area contributed by atoms with E-state index in [1.807, 2.05) is 0 Å². The Bertz CT molecular complexity index is 866. The molecule has 28 heavy (non-hydrogen) atoms. The number of amides is 1. The molecule has 0 spiro atoms. The van der Waals surface area contributed by atoms with E-state index in [1.165, 1.54) is 35.2 Å². The van der Waals surface area contributed by atoms with Crippen molar-refractivity contribution in [3.05, 3.63) is 70.8 Å². The summed E-state index contributed by atoms with van der Waals surface area (Å²) in [4.78, 5) is 24.5. The van der Waals surface area contributed by atoms with Crippen molar-refractivity contribution in [2.75, 3.05) is 6.54 Å². The van der Waals surface area contributed by atoms with Gasteiger partial charge in [0.2, 0.25) is 5.91 Å². The SMILES string of the molecule is O=C(O)c1ccc(CNC2CC(=O)N(Cc3ccccc3C(F)(F)F)C2)cc1. The Balaban J connectivity index is 1.59. The summed E-state index contributed by atoms with van der Waals surface area (Å²) in [7, 11) is 0. The van der Waals surface area contributed by atoms with Crippen molar-refractivity contribution >= 4 is 11.9 Å². The maximum atomic E-state index is 13.1. The summed E-state index contributed by atoms with van der Waals surface area (Å²) in [6.07, 6.45) is -4.25. The molecule has 1 aliphatic heterocycles. The number of rotatable bonds is 6. The van der Waals surface area contributed by atoms with E-state index in [2.05, 4.69) is 5.32 Å². The third-order valence-corrected chi connectivity index (χ3v) is 4.69. The highest BCUT2D eigenvalue weighted by Crippen LogP contribution is 2.32. The topological polar surface area (TPSA) is 69.6 Å². The van der Waals surface area contributed by atoms with Crippen molar-refractivity contribution in [2.45, 2.75) is 31.7 Å². The number of hydrogen-bond acceptors (Lipinski definition) is 3. The summed E-state index contributed by atoms with van der Waals surface area (Å²) in [5.41, 5.74) is 0.401. The highest BCUT2D eigenvalue weighted by atomic mass is 19.4. The number of carboxylic acid groups (broad SMARTS) is 1. The number of nitrogens with zero attached hydrogens (tertiary/aromatic N) is 1. The zero-order valence-electron chi connectivity index (χ0n) is 14.9. The fourth-order valence-corrected chi connectivity index (χ4v) is 3.23. The summed E-state index contributed by atoms with van der Waals surface area (Å²) < 4.78 is 39.4. The van der Waals surface area contributed by atoms with Crippen LogP contribution < -0.4 is 5.32 Å². The van der Waals surface area contributed by atoms with Crippen molar-refractivity contribution in [1.29, 1.82) is 0 Å². The first kappa shape index (κ1) is 19.9. The third-order valence-electron chi connectivity index (χ3n) is 4.69. The Morgan fingerprint density at radius 2 is 1.82 bits per heavy atom. The Labute approximate surface area is 159 Å². The number of halogens is 3. The van der Waals surface area contributed by atoms with Gasteiger partial charge < -0.3 is 15.3 Å². The van der Waals surface area contributed by atoms with Gasteiger partial charge in [0, 0.05) is 32.1 Å². The standard InChI is InChI=1S/C20H19F3N2O3/c21-20(22,23)17-4-2-1-3-15(17)11-25-12-16(9-18(25)26)24-10-13-5-7-14(8-6-13)19(27)28/h1-8,16,24H,9-12H2,(H,27,28). The van der Waals surface area contributed by atoms with Gasteiger partial charge in [-0.05, 0) is 29.3 Å². The van der Waals surface area contributed by atoms with Crippen molar-refractivity contribution in [3.63, 3.8) is 0 Å². The average molecular weight is 392 g/mol. The molecule has 0 aromatic heterocycles. The molecule has 2 aromatic rings. The maximum Gasteiger partial charge on any atom is 0.416 e. The van der Waals surface area contributed by atoms with Gasteiger partial charge in [-0.15, -0.1) is 0 Å². The van der Waals surface area contributed by atoms with Gasteiger partial charge in [0.25, 0.3) is 0 Å². The number of carbonyl (C=O) groups is 2. The van der Waals surface area contributed by atoms with E-state index < -0.39 is 17.7 Å². The number of hydrogen-bond donors (Lipinski definition) is 2. The fourth-order valence-electron chi connectivity index (χ4n) is 3.23. The quantitative estimate of drug-likeness (QED) is 0.792. The molecule has 0 saturated carbocycles. The second-order valence-electron chi connectivity index (χ2n) is 6.71. The molecule has 1 unspecified atom stereocenters. The van der Waals surface area contributed by atoms with Crippen molar-refractivity contribution in [1.82, 2.24) is 10.2 Å². The lowest BCUT2D eigenvalue weighted by Crippen LogP contribution is -2.32. The lowest BCUT2D eigenvalue weighted by molar-refractivity contribution is -0.139. The molecule has 1 heterocycles. The minimum Gasteiger partial charge on any atom is -0.478 e. The van der Waals surface area contributed by atoms with Crippen LogP contribution in [-0.2, 0) is 24.1 Å². The van der Waals surface area contributed by atoms with Gasteiger partial charge in [0.15, 0.2) is 0 Å². The predicted octanol–water partition coefficient (Wildman–Crippen LogP) is 3.29. The third kappa shape index (κ3) is 4.69. The number of carboxylic acids is 1. The van der Waals surface area contributed by atoms with Crippen LogP contribution in [0.2, 0.25) is 0 Å². The van der Waals surface area contributed by atoms with Crippen LogP contribution in [0.4, 0.5) is 13.2 Å². The van der Waals surface area contributed by atoms with E-state index in [0.29, 0.717) is 13.1 Å². The lowest BCUT2D eigenvalue weighted by Gasteiger charge is -2.20. The molecule has 1 saturated heterocycles. The fraction of sp³-hybridized carbons (Fsp3) is 0.300. The van der Waals surface area contributed by atoms with E-state index in [4.69, 9.17) is 5.11 Å². The monoisotopic (exact) mass is 392 g/mol. The van der Waals surface area contributed by atoms with E-state index in [1.54, 1.807) is 12.1 Å². The zero-order chi connectivity index (χ0) is 20.3. The van der Waals surface area contributed by atoms with Gasteiger partial charge in [-0.3, -0.25) is 4.79 Å². The summed E-state index contributed by atoms with van der Waals surface area (Å²) in [6, 6.07) is 11.5. The molecule has 1 atom stereocenters. The second-order valence-corrected chi connectivity index (χ2v) is 6.71. The lowest BCUT2D eigenvalue weighted by atomic mass is 10.1. The number of aromatic carboxylic acids is 1. The molecule has 8 heteroatoms. The van der Waals surface area contributed by atoms with E-state index >= 15 is 0 Å². The first-order valence-electron chi connectivity index (χ1n) is 8.72. The summed E-state index contributed by atoms with van der Waals surface area (Å²) in [5.74, 6) is -1.20. The molecular formula is C20H19F3N2O3. The van der Waals surface area contributed by atoms with Crippen LogP contribution in [0.3, 0.4) is 0 Å². The molecular weight excluding hydrogens is 373 g/mol. The van der Waals surface area contributed by atoms with Crippen LogP contribution in [-0.4, -0.2) is 34.5 Å². The van der Waals surface area contributed by atoms with Gasteiger partial charge in [-0.1, -0.05) is 30.3 Å². The van der Waals surface area contributed by atoms with E-state index in [-0.39, 0.29) is 36.0 Å². The number of carbonyl (C=O) groups excluding carboxylic acids is 1. The summed E-state index contributed by atoms with van der Waals surface area (Å²) >= 11 is 0. The van der Waals surface area contributed by atoms with Crippen molar-refractivity contribution in [2.24, 2.45) is 0 Å². The molecule has 5 nitrogen and oxygen atoms in total. The number of nitrogens with one attached hydrogen (secondary N) is 1. The van der Waals surface area contributed by atoms with Gasteiger partial charge in [-0.25, -0.2) is 4.79 Å². The molecule has 1 amide bonds. The molecule has 0 radical (unpaired) electrons. The molecule has 3 rings (SSSR count). The molecule has 1 fully saturated rings. The normalized spacial score (nSPS) is 17.2. The Hall–Kier alpha value is -2.87. The van der Waals surface area contributed by atoms with Crippen LogP contribution in [0.5, 0.6) is 0 Å². The highest BCUT2D eigenvalue weighted by molar-refractivity contribution is 5.87. The average Bonchev–Trinajstić information content (AvgIpc) is 2.99. The van der Waals surface area contributed by atoms with Crippen molar-refractivity contribution in [3.8, 4) is 0 Å². The van der Waals surface area contributed by atoms with Crippen LogP contribution in [0.25, 0.3) is 0 Å². The second kappa shape index (κ2) is 8.02.